The number of nitrogens with zero attached hydrogens (tertiary/aromatic N) is 6. The van der Waals surface area contributed by atoms with Crippen molar-refractivity contribution in [2.45, 2.75) is 13.8 Å². The van der Waals surface area contributed by atoms with Crippen molar-refractivity contribution < 1.29 is 4.79 Å². The van der Waals surface area contributed by atoms with Gasteiger partial charge in [-0.3, -0.25) is 4.79 Å². The Morgan fingerprint density at radius 2 is 2.00 bits per heavy atom. The van der Waals surface area contributed by atoms with Gasteiger partial charge in [0.2, 0.25) is 11.0 Å². The number of amides is 1. The Kier molecular flexibility index (Phi) is 4.66. The Morgan fingerprint density at radius 3 is 2.65 bits per heavy atom. The molecule has 136 valence electrons. The Bertz CT molecular complexity index is 930. The minimum atomic E-state index is 0.0456. The van der Waals surface area contributed by atoms with Gasteiger partial charge in [0.1, 0.15) is 5.51 Å². The molecule has 3 heterocycles. The Morgan fingerprint density at radius 1 is 1.23 bits per heavy atom. The normalized spacial score (nSPS) is 15.2. The first kappa shape index (κ1) is 17.4. The molecular weight excluding hydrogens is 416 g/mol. The molecule has 0 saturated carbocycles. The fourth-order valence-electron chi connectivity index (χ4n) is 3.28. The topological polar surface area (TPSA) is 67.2 Å². The molecule has 1 aliphatic rings. The van der Waals surface area contributed by atoms with Crippen LogP contribution in [-0.4, -0.2) is 57.0 Å². The molecule has 1 saturated heterocycles. The van der Waals surface area contributed by atoms with Gasteiger partial charge in [-0.1, -0.05) is 41.1 Å². The number of anilines is 1. The van der Waals surface area contributed by atoms with Crippen LogP contribution in [0.15, 0.2) is 28.3 Å². The summed E-state index contributed by atoms with van der Waals surface area (Å²) in [5.41, 5.74) is 3.82. The van der Waals surface area contributed by atoms with Gasteiger partial charge < -0.3 is 9.80 Å². The Balaban J connectivity index is 1.65. The van der Waals surface area contributed by atoms with Gasteiger partial charge in [-0.05, 0) is 12.1 Å². The maximum atomic E-state index is 12.2. The first-order valence-electron chi connectivity index (χ1n) is 8.52. The number of carbonyl (C=O) groups is 1. The van der Waals surface area contributed by atoms with Gasteiger partial charge in [0.25, 0.3) is 0 Å². The van der Waals surface area contributed by atoms with E-state index in [0.29, 0.717) is 0 Å². The highest BCUT2D eigenvalue weighted by molar-refractivity contribution is 9.10. The number of carbonyl (C=O) groups excluding carboxylic acids is 1. The fraction of sp³-hybridized carbons (Fsp3) is 0.412. The van der Waals surface area contributed by atoms with Crippen molar-refractivity contribution in [3.63, 3.8) is 0 Å². The maximum absolute atomic E-state index is 12.2. The zero-order valence-corrected chi connectivity index (χ0v) is 17.0. The van der Waals surface area contributed by atoms with Gasteiger partial charge in [-0.2, -0.15) is 5.10 Å². The van der Waals surface area contributed by atoms with Crippen molar-refractivity contribution in [1.29, 1.82) is 0 Å². The summed E-state index contributed by atoms with van der Waals surface area (Å²) >= 11 is 5.08. The van der Waals surface area contributed by atoms with Crippen molar-refractivity contribution in [2.75, 3.05) is 31.1 Å². The zero-order valence-electron chi connectivity index (χ0n) is 14.6. The van der Waals surface area contributed by atoms with E-state index in [1.807, 2.05) is 35.7 Å². The van der Waals surface area contributed by atoms with Gasteiger partial charge in [0, 0.05) is 47.6 Å². The van der Waals surface area contributed by atoms with Crippen LogP contribution in [0.25, 0.3) is 16.0 Å². The molecule has 0 N–H and O–H groups in total. The molecule has 0 radical (unpaired) electrons. The second kappa shape index (κ2) is 6.96. The molecule has 1 aromatic carbocycles. The largest absolute Gasteiger partial charge is 0.367 e. The van der Waals surface area contributed by atoms with Gasteiger partial charge in [0.15, 0.2) is 0 Å². The molecule has 2 aromatic heterocycles. The molecule has 0 atom stereocenters. The summed E-state index contributed by atoms with van der Waals surface area (Å²) in [5.74, 6) is 0.275. The molecule has 1 aliphatic heterocycles. The van der Waals surface area contributed by atoms with Crippen LogP contribution >= 0.6 is 27.3 Å². The summed E-state index contributed by atoms with van der Waals surface area (Å²) in [6, 6.07) is 4.17. The van der Waals surface area contributed by atoms with E-state index in [2.05, 4.69) is 42.2 Å². The van der Waals surface area contributed by atoms with Crippen LogP contribution in [-0.2, 0) is 4.79 Å². The van der Waals surface area contributed by atoms with Gasteiger partial charge in [0.05, 0.1) is 11.7 Å². The lowest BCUT2D eigenvalue weighted by atomic mass is 10.1. The molecule has 26 heavy (non-hydrogen) atoms. The number of piperazine rings is 1. The number of rotatable bonds is 3. The van der Waals surface area contributed by atoms with Crippen LogP contribution < -0.4 is 4.90 Å². The predicted molar refractivity (Wildman–Crippen MR) is 106 cm³/mol. The smallest absolute Gasteiger partial charge is 0.233 e. The molecule has 0 aliphatic carbocycles. The maximum Gasteiger partial charge on any atom is 0.233 e. The highest BCUT2D eigenvalue weighted by atomic mass is 79.9. The van der Waals surface area contributed by atoms with Crippen LogP contribution in [0.4, 0.5) is 5.69 Å². The van der Waals surface area contributed by atoms with E-state index < -0.39 is 0 Å². The summed E-state index contributed by atoms with van der Waals surface area (Å²) < 4.78 is 2.81. The van der Waals surface area contributed by atoms with Gasteiger partial charge >= 0.3 is 0 Å². The molecule has 3 aromatic rings. The molecule has 1 amide bonds. The molecule has 0 spiro atoms. The highest BCUT2D eigenvalue weighted by Crippen LogP contribution is 2.33. The second-order valence-electron chi connectivity index (χ2n) is 6.60. The van der Waals surface area contributed by atoms with Crippen LogP contribution in [0.5, 0.6) is 0 Å². The van der Waals surface area contributed by atoms with E-state index in [9.17, 15) is 4.79 Å². The monoisotopic (exact) mass is 434 g/mol. The average Bonchev–Trinajstić information content (AvgIpc) is 3.29. The van der Waals surface area contributed by atoms with Crippen molar-refractivity contribution in [1.82, 2.24) is 24.9 Å². The third-order valence-electron chi connectivity index (χ3n) is 4.59. The van der Waals surface area contributed by atoms with E-state index in [0.717, 1.165) is 52.4 Å². The molecule has 1 fully saturated rings. The van der Waals surface area contributed by atoms with Crippen LogP contribution in [0.1, 0.15) is 13.8 Å². The summed E-state index contributed by atoms with van der Waals surface area (Å²) in [7, 11) is 0. The van der Waals surface area contributed by atoms with E-state index in [1.54, 1.807) is 5.51 Å². The number of hydrogen-bond acceptors (Lipinski definition) is 6. The van der Waals surface area contributed by atoms with Gasteiger partial charge in [-0.15, -0.1) is 10.2 Å². The molecule has 0 unspecified atom stereocenters. The SMILES string of the molecule is CC(C)C(=O)N1CCN(c2cc(Br)cc3c2cnn3-c2nncs2)CC1. The van der Waals surface area contributed by atoms with Crippen molar-refractivity contribution in [3.05, 3.63) is 28.3 Å². The molecule has 7 nitrogen and oxygen atoms in total. The molecule has 0 bridgehead atoms. The van der Waals surface area contributed by atoms with Crippen LogP contribution in [0.3, 0.4) is 0 Å². The fourth-order valence-corrected chi connectivity index (χ4v) is 4.24. The van der Waals surface area contributed by atoms with Crippen molar-refractivity contribution >= 4 is 49.8 Å². The summed E-state index contributed by atoms with van der Waals surface area (Å²) in [6.45, 7) is 7.02. The predicted octanol–water partition coefficient (Wildman–Crippen LogP) is 2.94. The lowest BCUT2D eigenvalue weighted by Gasteiger charge is -2.37. The minimum absolute atomic E-state index is 0.0456. The summed E-state index contributed by atoms with van der Waals surface area (Å²) in [4.78, 5) is 16.5. The first-order chi connectivity index (χ1) is 12.5. The Hall–Kier alpha value is -2.00. The number of halogens is 1. The number of aromatic nitrogens is 4. The average molecular weight is 435 g/mol. The summed E-state index contributed by atoms with van der Waals surface area (Å²) in [6.07, 6.45) is 1.88. The first-order valence-corrected chi connectivity index (χ1v) is 10.2. The van der Waals surface area contributed by atoms with Gasteiger partial charge in [-0.25, -0.2) is 4.68 Å². The van der Waals surface area contributed by atoms with Crippen molar-refractivity contribution in [3.8, 4) is 5.13 Å². The second-order valence-corrected chi connectivity index (χ2v) is 8.33. The number of benzene rings is 1. The third-order valence-corrected chi connectivity index (χ3v) is 5.71. The standard InChI is InChI=1S/C17H19BrN6OS/c1-11(2)16(25)23-5-3-22(4-6-23)14-7-12(18)8-15-13(14)9-20-24(15)17-21-19-10-26-17/h7-11H,3-6H2,1-2H3. The van der Waals surface area contributed by atoms with E-state index in [-0.39, 0.29) is 11.8 Å². The van der Waals surface area contributed by atoms with Crippen LogP contribution in [0.2, 0.25) is 0 Å². The third kappa shape index (κ3) is 3.09. The number of fused-ring (bicyclic) bond motifs is 1. The lowest BCUT2D eigenvalue weighted by Crippen LogP contribution is -2.50. The zero-order chi connectivity index (χ0) is 18.3. The molecule has 4 rings (SSSR count). The summed E-state index contributed by atoms with van der Waals surface area (Å²) in [5, 5.41) is 14.4. The van der Waals surface area contributed by atoms with E-state index >= 15 is 0 Å². The quantitative estimate of drug-likeness (QED) is 0.633. The van der Waals surface area contributed by atoms with E-state index in [4.69, 9.17) is 0 Å². The Labute approximate surface area is 163 Å². The van der Waals surface area contributed by atoms with Crippen LogP contribution in [0, 0.1) is 5.92 Å². The minimum Gasteiger partial charge on any atom is -0.367 e. The number of hydrogen-bond donors (Lipinski definition) is 0. The van der Waals surface area contributed by atoms with E-state index in [1.165, 1.54) is 11.3 Å². The highest BCUT2D eigenvalue weighted by Gasteiger charge is 2.24. The molecular formula is C17H19BrN6OS. The van der Waals surface area contributed by atoms with Crippen molar-refractivity contribution in [2.24, 2.45) is 5.92 Å². The lowest BCUT2D eigenvalue weighted by molar-refractivity contribution is -0.134. The molecule has 9 heteroatoms.